The second-order valence-corrected chi connectivity index (χ2v) is 7.12. The molecule has 3 aromatic rings. The lowest BCUT2D eigenvalue weighted by molar-refractivity contribution is 0.185. The number of aromatic nitrogens is 5. The van der Waals surface area contributed by atoms with Gasteiger partial charge in [-0.05, 0) is 31.2 Å². The van der Waals surface area contributed by atoms with E-state index in [1.807, 2.05) is 35.8 Å². The molecule has 0 unspecified atom stereocenters. The van der Waals surface area contributed by atoms with Crippen LogP contribution in [0, 0.1) is 6.92 Å². The van der Waals surface area contributed by atoms with Crippen LogP contribution in [0.2, 0.25) is 5.02 Å². The minimum Gasteiger partial charge on any atom is -0.424 e. The van der Waals surface area contributed by atoms with Crippen LogP contribution in [-0.4, -0.2) is 38.7 Å². The quantitative estimate of drug-likeness (QED) is 0.578. The van der Waals surface area contributed by atoms with Gasteiger partial charge in [0.25, 0.3) is 0 Å². The van der Waals surface area contributed by atoms with E-state index in [0.717, 1.165) is 16.5 Å². The Kier molecular flexibility index (Phi) is 5.72. The summed E-state index contributed by atoms with van der Waals surface area (Å²) >= 11 is 7.49. The predicted molar refractivity (Wildman–Crippen MR) is 95.7 cm³/mol. The first-order valence-corrected chi connectivity index (χ1v) is 8.99. The lowest BCUT2D eigenvalue weighted by Crippen LogP contribution is -2.08. The topological polar surface area (TPSA) is 78.9 Å². The van der Waals surface area contributed by atoms with Crippen LogP contribution in [0.25, 0.3) is 11.4 Å². The molecule has 2 heterocycles. The molecule has 25 heavy (non-hydrogen) atoms. The monoisotopic (exact) mass is 379 g/mol. The van der Waals surface area contributed by atoms with E-state index in [0.29, 0.717) is 30.0 Å². The van der Waals surface area contributed by atoms with Crippen LogP contribution in [0.4, 0.5) is 0 Å². The maximum Gasteiger partial charge on any atom is 0.229 e. The number of ether oxygens (including phenoxy) is 1. The molecular weight excluding hydrogens is 362 g/mol. The molecule has 0 amide bonds. The van der Waals surface area contributed by atoms with Gasteiger partial charge in [0.1, 0.15) is 0 Å². The van der Waals surface area contributed by atoms with Crippen LogP contribution in [0.1, 0.15) is 24.0 Å². The largest absolute Gasteiger partial charge is 0.424 e. The fraction of sp³-hybridized carbons (Fsp3) is 0.375. The van der Waals surface area contributed by atoms with Gasteiger partial charge in [-0.25, -0.2) is 0 Å². The Morgan fingerprint density at radius 1 is 1.20 bits per heavy atom. The fourth-order valence-electron chi connectivity index (χ4n) is 2.26. The summed E-state index contributed by atoms with van der Waals surface area (Å²) in [5.41, 5.74) is 0.946. The van der Waals surface area contributed by atoms with Crippen molar-refractivity contribution in [2.75, 3.05) is 13.7 Å². The van der Waals surface area contributed by atoms with Crippen molar-refractivity contribution in [2.45, 2.75) is 30.8 Å². The maximum atomic E-state index is 5.98. The first kappa shape index (κ1) is 17.9. The van der Waals surface area contributed by atoms with E-state index < -0.39 is 0 Å². The lowest BCUT2D eigenvalue weighted by atomic mass is 10.2. The zero-order valence-corrected chi connectivity index (χ0v) is 15.7. The summed E-state index contributed by atoms with van der Waals surface area (Å²) in [6.07, 6.45) is 0. The van der Waals surface area contributed by atoms with Gasteiger partial charge >= 0.3 is 0 Å². The Bertz CT molecular complexity index is 833. The number of halogens is 1. The van der Waals surface area contributed by atoms with E-state index in [-0.39, 0.29) is 5.25 Å². The zero-order valence-electron chi connectivity index (χ0n) is 14.1. The second-order valence-electron chi connectivity index (χ2n) is 5.38. The maximum absolute atomic E-state index is 5.98. The van der Waals surface area contributed by atoms with Crippen LogP contribution in [0.3, 0.4) is 0 Å². The molecule has 0 N–H and O–H groups in total. The normalized spacial score (nSPS) is 12.5. The molecule has 0 saturated carbocycles. The first-order valence-electron chi connectivity index (χ1n) is 7.73. The van der Waals surface area contributed by atoms with Gasteiger partial charge in [0.15, 0.2) is 11.0 Å². The average molecular weight is 380 g/mol. The van der Waals surface area contributed by atoms with E-state index in [1.165, 1.54) is 11.8 Å². The molecule has 1 aromatic carbocycles. The highest BCUT2D eigenvalue weighted by Crippen LogP contribution is 2.34. The third-order valence-corrected chi connectivity index (χ3v) is 4.83. The van der Waals surface area contributed by atoms with Gasteiger partial charge in [-0.3, -0.25) is 4.57 Å². The smallest absolute Gasteiger partial charge is 0.229 e. The van der Waals surface area contributed by atoms with E-state index in [4.69, 9.17) is 20.8 Å². The van der Waals surface area contributed by atoms with Gasteiger partial charge < -0.3 is 9.15 Å². The number of aryl methyl sites for hydroxylation is 1. The van der Waals surface area contributed by atoms with Crippen molar-refractivity contribution < 1.29 is 9.15 Å². The molecule has 132 valence electrons. The molecule has 0 saturated heterocycles. The number of thioether (sulfide) groups is 1. The number of nitrogens with zero attached hydrogens (tertiary/aromatic N) is 5. The highest BCUT2D eigenvalue weighted by atomic mass is 35.5. The van der Waals surface area contributed by atoms with Crippen molar-refractivity contribution in [1.29, 1.82) is 0 Å². The van der Waals surface area contributed by atoms with Crippen molar-refractivity contribution in [3.63, 3.8) is 0 Å². The molecule has 9 heteroatoms. The molecule has 0 radical (unpaired) electrons. The van der Waals surface area contributed by atoms with Crippen molar-refractivity contribution in [3.8, 4) is 11.4 Å². The molecular formula is C16H18ClN5O2S. The molecule has 0 spiro atoms. The van der Waals surface area contributed by atoms with Gasteiger partial charge in [-0.2, -0.15) is 0 Å². The summed E-state index contributed by atoms with van der Waals surface area (Å²) in [4.78, 5) is 0. The van der Waals surface area contributed by atoms with Gasteiger partial charge in [-0.15, -0.1) is 20.4 Å². The SMILES string of the molecule is COCCn1c(S[C@H](C)c2nnc(C)o2)nnc1-c1ccc(Cl)cc1. The summed E-state index contributed by atoms with van der Waals surface area (Å²) in [6, 6.07) is 7.52. The van der Waals surface area contributed by atoms with Crippen LogP contribution in [-0.2, 0) is 11.3 Å². The van der Waals surface area contributed by atoms with E-state index in [1.54, 1.807) is 14.0 Å². The zero-order chi connectivity index (χ0) is 17.8. The molecule has 0 aliphatic heterocycles. The average Bonchev–Trinajstić information content (AvgIpc) is 3.20. The van der Waals surface area contributed by atoms with E-state index >= 15 is 0 Å². The molecule has 2 aromatic heterocycles. The van der Waals surface area contributed by atoms with Gasteiger partial charge in [-0.1, -0.05) is 23.4 Å². The first-order chi connectivity index (χ1) is 12.1. The highest BCUT2D eigenvalue weighted by molar-refractivity contribution is 7.99. The van der Waals surface area contributed by atoms with Crippen molar-refractivity contribution in [1.82, 2.24) is 25.0 Å². The summed E-state index contributed by atoms with van der Waals surface area (Å²) < 4.78 is 12.8. The van der Waals surface area contributed by atoms with Crippen molar-refractivity contribution >= 4 is 23.4 Å². The number of methoxy groups -OCH3 is 1. The molecule has 7 nitrogen and oxygen atoms in total. The summed E-state index contributed by atoms with van der Waals surface area (Å²) in [5, 5.41) is 18.1. The summed E-state index contributed by atoms with van der Waals surface area (Å²) in [5.74, 6) is 1.88. The third kappa shape index (κ3) is 4.20. The van der Waals surface area contributed by atoms with E-state index in [2.05, 4.69) is 20.4 Å². The number of hydrogen-bond donors (Lipinski definition) is 0. The van der Waals surface area contributed by atoms with Crippen molar-refractivity contribution in [2.24, 2.45) is 0 Å². The molecule has 1 atom stereocenters. The highest BCUT2D eigenvalue weighted by Gasteiger charge is 2.20. The van der Waals surface area contributed by atoms with Crippen LogP contribution >= 0.6 is 23.4 Å². The summed E-state index contributed by atoms with van der Waals surface area (Å²) in [7, 11) is 1.67. The fourth-order valence-corrected chi connectivity index (χ4v) is 3.29. The molecule has 3 rings (SSSR count). The molecule has 0 aliphatic carbocycles. The van der Waals surface area contributed by atoms with Crippen molar-refractivity contribution in [3.05, 3.63) is 41.1 Å². The number of hydrogen-bond acceptors (Lipinski definition) is 7. The third-order valence-electron chi connectivity index (χ3n) is 3.51. The number of rotatable bonds is 7. The van der Waals surface area contributed by atoms with Crippen LogP contribution in [0.5, 0.6) is 0 Å². The Morgan fingerprint density at radius 2 is 1.96 bits per heavy atom. The Morgan fingerprint density at radius 3 is 2.60 bits per heavy atom. The van der Waals surface area contributed by atoms with Gasteiger partial charge in [0, 0.05) is 24.6 Å². The predicted octanol–water partition coefficient (Wildman–Crippen LogP) is 3.79. The summed E-state index contributed by atoms with van der Waals surface area (Å²) in [6.45, 7) is 4.96. The van der Waals surface area contributed by atoms with E-state index in [9.17, 15) is 0 Å². The minimum atomic E-state index is -0.0373. The molecule has 0 aliphatic rings. The van der Waals surface area contributed by atoms with Crippen LogP contribution < -0.4 is 0 Å². The lowest BCUT2D eigenvalue weighted by Gasteiger charge is -2.11. The second kappa shape index (κ2) is 7.99. The molecule has 0 bridgehead atoms. The van der Waals surface area contributed by atoms with Gasteiger partial charge in [0.2, 0.25) is 11.8 Å². The Labute approximate surface area is 154 Å². The Hall–Kier alpha value is -1.90. The Balaban J connectivity index is 1.89. The number of benzene rings is 1. The standard InChI is InChI=1S/C16H18ClN5O2S/c1-10(15-20-18-11(2)24-15)25-16-21-19-14(22(16)8-9-23-3)12-4-6-13(17)7-5-12/h4-7,10H,8-9H2,1-3H3/t10-/m1/s1. The van der Waals surface area contributed by atoms with Crippen LogP contribution in [0.15, 0.2) is 33.8 Å². The minimum absolute atomic E-state index is 0.0373. The van der Waals surface area contributed by atoms with Gasteiger partial charge in [0.05, 0.1) is 18.4 Å². The molecule has 0 fully saturated rings.